The van der Waals surface area contributed by atoms with E-state index in [1.54, 1.807) is 0 Å². The van der Waals surface area contributed by atoms with Crippen LogP contribution in [-0.2, 0) is 16.1 Å². The van der Waals surface area contributed by atoms with Gasteiger partial charge in [0.05, 0.1) is 30.5 Å². The van der Waals surface area contributed by atoms with Gasteiger partial charge in [0.2, 0.25) is 11.8 Å². The molecule has 0 unspecified atom stereocenters. The molecule has 5 rings (SSSR count). The molecule has 0 spiro atoms. The van der Waals surface area contributed by atoms with Gasteiger partial charge in [0.15, 0.2) is 0 Å². The zero-order valence-corrected chi connectivity index (χ0v) is 14.5. The van der Waals surface area contributed by atoms with E-state index in [0.717, 1.165) is 16.7 Å². The third-order valence-corrected chi connectivity index (χ3v) is 5.87. The van der Waals surface area contributed by atoms with Crippen molar-refractivity contribution in [1.29, 1.82) is 5.26 Å². The van der Waals surface area contributed by atoms with E-state index >= 15 is 0 Å². The van der Waals surface area contributed by atoms with Gasteiger partial charge in [0, 0.05) is 6.20 Å². The molecule has 2 saturated heterocycles. The van der Waals surface area contributed by atoms with Gasteiger partial charge in [-0.25, -0.2) is 0 Å². The number of likely N-dealkylation sites (tertiary alicyclic amines) is 1. The third-order valence-electron chi connectivity index (χ3n) is 5.87. The molecule has 2 amide bonds. The molecule has 5 heteroatoms. The summed E-state index contributed by atoms with van der Waals surface area (Å²) in [5, 5.41) is 9.77. The standard InChI is InChI=1S/C22H17N3O2/c23-12-17-18-19(20-16-9-5-4-8-15(16)10-11-24(17)20)22(27)25(21(18)26)13-14-6-2-1-3-7-14/h1-11,17-20H,13H2/t17-,18+,19+,20+/m0/s1. The fraction of sp³-hybridized carbons (Fsp3) is 0.227. The third kappa shape index (κ3) is 2.16. The van der Waals surface area contributed by atoms with Gasteiger partial charge in [-0.1, -0.05) is 54.6 Å². The summed E-state index contributed by atoms with van der Waals surface area (Å²) in [7, 11) is 0. The molecule has 4 atom stereocenters. The van der Waals surface area contributed by atoms with Crippen LogP contribution in [0.25, 0.3) is 6.08 Å². The molecule has 0 saturated carbocycles. The minimum Gasteiger partial charge on any atom is -0.353 e. The first kappa shape index (κ1) is 15.8. The Bertz CT molecular complexity index is 1010. The van der Waals surface area contributed by atoms with Crippen molar-refractivity contribution in [2.45, 2.75) is 18.6 Å². The molecule has 0 aromatic heterocycles. The van der Waals surface area contributed by atoms with Crippen LogP contribution in [0.5, 0.6) is 0 Å². The average molecular weight is 355 g/mol. The predicted molar refractivity (Wildman–Crippen MR) is 98.4 cm³/mol. The maximum atomic E-state index is 13.3. The lowest BCUT2D eigenvalue weighted by atomic mass is 9.85. The first-order valence-corrected chi connectivity index (χ1v) is 9.04. The number of fused-ring (bicyclic) bond motifs is 5. The first-order valence-electron chi connectivity index (χ1n) is 9.04. The quantitative estimate of drug-likeness (QED) is 0.777. The maximum Gasteiger partial charge on any atom is 0.236 e. The summed E-state index contributed by atoms with van der Waals surface area (Å²) in [6, 6.07) is 18.8. The Kier molecular flexibility index (Phi) is 3.41. The second-order valence-corrected chi connectivity index (χ2v) is 7.21. The van der Waals surface area contributed by atoms with Gasteiger partial charge in [0.25, 0.3) is 0 Å². The van der Waals surface area contributed by atoms with E-state index in [2.05, 4.69) is 6.07 Å². The number of imide groups is 1. The van der Waals surface area contributed by atoms with Gasteiger partial charge in [-0.3, -0.25) is 14.5 Å². The molecule has 132 valence electrons. The Morgan fingerprint density at radius 1 is 0.926 bits per heavy atom. The van der Waals surface area contributed by atoms with Crippen LogP contribution in [0.2, 0.25) is 0 Å². The predicted octanol–water partition coefficient (Wildman–Crippen LogP) is 2.72. The topological polar surface area (TPSA) is 64.4 Å². The van der Waals surface area contributed by atoms with Crippen molar-refractivity contribution < 1.29 is 9.59 Å². The number of rotatable bonds is 2. The van der Waals surface area contributed by atoms with Gasteiger partial charge in [-0.05, 0) is 22.8 Å². The zero-order chi connectivity index (χ0) is 18.5. The van der Waals surface area contributed by atoms with Gasteiger partial charge >= 0.3 is 0 Å². The van der Waals surface area contributed by atoms with Crippen molar-refractivity contribution >= 4 is 17.9 Å². The summed E-state index contributed by atoms with van der Waals surface area (Å²) < 4.78 is 0. The summed E-state index contributed by atoms with van der Waals surface area (Å²) >= 11 is 0. The fourth-order valence-corrected chi connectivity index (χ4v) is 4.69. The number of carbonyl (C=O) groups excluding carboxylic acids is 2. The monoisotopic (exact) mass is 355 g/mol. The number of nitriles is 1. The Morgan fingerprint density at radius 3 is 2.41 bits per heavy atom. The molecule has 2 fully saturated rings. The van der Waals surface area contributed by atoms with Crippen molar-refractivity contribution in [2.75, 3.05) is 0 Å². The largest absolute Gasteiger partial charge is 0.353 e. The lowest BCUT2D eigenvalue weighted by Gasteiger charge is -2.33. The smallest absolute Gasteiger partial charge is 0.236 e. The van der Waals surface area contributed by atoms with Crippen molar-refractivity contribution in [2.24, 2.45) is 11.8 Å². The summed E-state index contributed by atoms with van der Waals surface area (Å²) in [5.74, 6) is -1.55. The van der Waals surface area contributed by atoms with Crippen molar-refractivity contribution in [3.8, 4) is 6.07 Å². The zero-order valence-electron chi connectivity index (χ0n) is 14.5. The number of hydrogen-bond acceptors (Lipinski definition) is 4. The van der Waals surface area contributed by atoms with Crippen LogP contribution in [-0.4, -0.2) is 27.7 Å². The van der Waals surface area contributed by atoms with Gasteiger partial charge in [-0.2, -0.15) is 5.26 Å². The Labute approximate surface area is 157 Å². The van der Waals surface area contributed by atoms with Crippen LogP contribution in [0.1, 0.15) is 22.7 Å². The minimum absolute atomic E-state index is 0.174. The molecule has 3 aliphatic rings. The van der Waals surface area contributed by atoms with Crippen LogP contribution < -0.4 is 0 Å². The van der Waals surface area contributed by atoms with E-state index in [1.165, 1.54) is 4.90 Å². The summed E-state index contributed by atoms with van der Waals surface area (Å²) in [5.41, 5.74) is 2.96. The molecule has 0 N–H and O–H groups in total. The first-order chi connectivity index (χ1) is 13.2. The summed E-state index contributed by atoms with van der Waals surface area (Å²) in [6.45, 7) is 0.258. The number of carbonyl (C=O) groups is 2. The molecule has 2 aromatic carbocycles. The SMILES string of the molecule is N#C[C@H]1[C@H]2C(=O)N(Cc3ccccc3)C(=O)[C@H]2[C@H]2c3ccccc3C=CN21. The minimum atomic E-state index is -0.623. The second-order valence-electron chi connectivity index (χ2n) is 7.21. The lowest BCUT2D eigenvalue weighted by Crippen LogP contribution is -2.39. The maximum absolute atomic E-state index is 13.3. The summed E-state index contributed by atoms with van der Waals surface area (Å²) in [6.07, 6.45) is 3.81. The molecule has 0 aliphatic carbocycles. The molecule has 3 aliphatic heterocycles. The lowest BCUT2D eigenvalue weighted by molar-refractivity contribution is -0.141. The van der Waals surface area contributed by atoms with Crippen molar-refractivity contribution in [3.05, 3.63) is 77.5 Å². The Balaban J connectivity index is 1.56. The highest BCUT2D eigenvalue weighted by Gasteiger charge is 2.62. The van der Waals surface area contributed by atoms with Gasteiger partial charge < -0.3 is 4.90 Å². The van der Waals surface area contributed by atoms with E-state index in [4.69, 9.17) is 0 Å². The van der Waals surface area contributed by atoms with Crippen LogP contribution in [0.3, 0.4) is 0 Å². The highest BCUT2D eigenvalue weighted by Crippen LogP contribution is 2.52. The second kappa shape index (κ2) is 5.82. The van der Waals surface area contributed by atoms with Crippen LogP contribution in [0.4, 0.5) is 0 Å². The van der Waals surface area contributed by atoms with E-state index in [9.17, 15) is 14.9 Å². The van der Waals surface area contributed by atoms with E-state index in [1.807, 2.05) is 71.8 Å². The number of benzene rings is 2. The molecule has 5 nitrogen and oxygen atoms in total. The Hall–Kier alpha value is -3.39. The van der Waals surface area contributed by atoms with E-state index in [0.29, 0.717) is 0 Å². The van der Waals surface area contributed by atoms with E-state index < -0.39 is 17.9 Å². The normalized spacial score (nSPS) is 28.0. The highest BCUT2D eigenvalue weighted by atomic mass is 16.2. The van der Waals surface area contributed by atoms with Gasteiger partial charge in [-0.15, -0.1) is 0 Å². The van der Waals surface area contributed by atoms with E-state index in [-0.39, 0.29) is 24.4 Å². The molecular weight excluding hydrogens is 338 g/mol. The van der Waals surface area contributed by atoms with Crippen LogP contribution in [0.15, 0.2) is 60.8 Å². The number of amides is 2. The molecule has 3 heterocycles. The van der Waals surface area contributed by atoms with Crippen LogP contribution >= 0.6 is 0 Å². The molecule has 0 radical (unpaired) electrons. The molecular formula is C22H17N3O2. The van der Waals surface area contributed by atoms with Crippen molar-refractivity contribution in [1.82, 2.24) is 9.80 Å². The highest BCUT2D eigenvalue weighted by molar-refractivity contribution is 6.06. The van der Waals surface area contributed by atoms with Crippen LogP contribution in [0, 0.1) is 23.2 Å². The molecule has 2 aromatic rings. The summed E-state index contributed by atoms with van der Waals surface area (Å²) in [4.78, 5) is 29.6. The number of hydrogen-bond donors (Lipinski definition) is 0. The fourth-order valence-electron chi connectivity index (χ4n) is 4.69. The molecule has 27 heavy (non-hydrogen) atoms. The molecule has 0 bridgehead atoms. The van der Waals surface area contributed by atoms with Gasteiger partial charge in [0.1, 0.15) is 6.04 Å². The number of nitrogens with zero attached hydrogens (tertiary/aromatic N) is 3. The average Bonchev–Trinajstić information content (AvgIpc) is 3.17. The van der Waals surface area contributed by atoms with Crippen molar-refractivity contribution in [3.63, 3.8) is 0 Å². The Morgan fingerprint density at radius 2 is 1.63 bits per heavy atom.